The number of aliphatic hydroxyl groups is 2. The van der Waals surface area contributed by atoms with Crippen molar-refractivity contribution >= 4 is 5.91 Å². The first-order valence-corrected chi connectivity index (χ1v) is 6.36. The van der Waals surface area contributed by atoms with Gasteiger partial charge in [0.15, 0.2) is 0 Å². The minimum absolute atomic E-state index is 0.0570. The van der Waals surface area contributed by atoms with Gasteiger partial charge in [0.25, 0.3) is 5.91 Å². The first kappa shape index (κ1) is 13.1. The second-order valence-electron chi connectivity index (χ2n) is 4.69. The number of likely N-dealkylation sites (tertiary alicyclic amines) is 1. The average Bonchev–Trinajstić information content (AvgIpc) is 2.41. The van der Waals surface area contributed by atoms with E-state index in [0.717, 1.165) is 12.0 Å². The smallest absolute Gasteiger partial charge is 0.254 e. The van der Waals surface area contributed by atoms with Gasteiger partial charge >= 0.3 is 0 Å². The Kier molecular flexibility index (Phi) is 3.99. The predicted molar refractivity (Wildman–Crippen MR) is 68.4 cm³/mol. The molecule has 4 heteroatoms. The fourth-order valence-corrected chi connectivity index (χ4v) is 2.31. The monoisotopic (exact) mass is 249 g/mol. The van der Waals surface area contributed by atoms with Gasteiger partial charge in [0.2, 0.25) is 0 Å². The molecule has 4 nitrogen and oxygen atoms in total. The highest BCUT2D eigenvalue weighted by molar-refractivity contribution is 5.95. The van der Waals surface area contributed by atoms with E-state index in [-0.39, 0.29) is 12.5 Å². The van der Waals surface area contributed by atoms with E-state index in [1.165, 1.54) is 0 Å². The van der Waals surface area contributed by atoms with E-state index in [0.29, 0.717) is 18.5 Å². The Morgan fingerprint density at radius 2 is 2.06 bits per heavy atom. The van der Waals surface area contributed by atoms with Gasteiger partial charge in [-0.25, -0.2) is 0 Å². The summed E-state index contributed by atoms with van der Waals surface area (Å²) in [5.74, 6) is -0.0570. The van der Waals surface area contributed by atoms with Crippen LogP contribution >= 0.6 is 0 Å². The van der Waals surface area contributed by atoms with Crippen LogP contribution in [-0.2, 0) is 6.42 Å². The number of nitrogens with zero attached hydrogens (tertiary/aromatic N) is 1. The van der Waals surface area contributed by atoms with Crippen molar-refractivity contribution in [2.75, 3.05) is 13.1 Å². The predicted octanol–water partition coefficient (Wildman–Crippen LogP) is 0.817. The molecule has 1 amide bonds. The second kappa shape index (κ2) is 5.50. The van der Waals surface area contributed by atoms with Crippen molar-refractivity contribution in [1.29, 1.82) is 0 Å². The van der Waals surface area contributed by atoms with Crippen LogP contribution in [0, 0.1) is 0 Å². The molecule has 0 bridgehead atoms. The van der Waals surface area contributed by atoms with Crippen molar-refractivity contribution in [2.45, 2.75) is 32.0 Å². The molecule has 98 valence electrons. The lowest BCUT2D eigenvalue weighted by molar-refractivity contribution is -0.0321. The molecule has 0 unspecified atom stereocenters. The van der Waals surface area contributed by atoms with E-state index in [1.807, 2.05) is 31.2 Å². The third-order valence-corrected chi connectivity index (χ3v) is 3.46. The fraction of sp³-hybridized carbons (Fsp3) is 0.500. The molecule has 0 aromatic heterocycles. The van der Waals surface area contributed by atoms with Gasteiger partial charge < -0.3 is 15.1 Å². The lowest BCUT2D eigenvalue weighted by atomic mass is 10.0. The maximum atomic E-state index is 12.4. The molecule has 1 aromatic rings. The van der Waals surface area contributed by atoms with Crippen molar-refractivity contribution in [1.82, 2.24) is 4.90 Å². The Labute approximate surface area is 107 Å². The summed E-state index contributed by atoms with van der Waals surface area (Å²) in [6.45, 7) is 2.72. The maximum Gasteiger partial charge on any atom is 0.254 e. The molecular weight excluding hydrogens is 230 g/mol. The highest BCUT2D eigenvalue weighted by atomic mass is 16.3. The van der Waals surface area contributed by atoms with Gasteiger partial charge in [-0.2, -0.15) is 0 Å². The number of hydrogen-bond donors (Lipinski definition) is 2. The van der Waals surface area contributed by atoms with Crippen LogP contribution in [0.25, 0.3) is 0 Å². The Hall–Kier alpha value is -1.39. The molecule has 1 aliphatic rings. The van der Waals surface area contributed by atoms with Gasteiger partial charge in [-0.3, -0.25) is 4.79 Å². The van der Waals surface area contributed by atoms with Crippen molar-refractivity contribution in [3.8, 4) is 0 Å². The zero-order valence-electron chi connectivity index (χ0n) is 10.5. The first-order valence-electron chi connectivity index (χ1n) is 6.36. The number of carbonyl (C=O) groups excluding carboxylic acids is 1. The molecule has 18 heavy (non-hydrogen) atoms. The number of piperidine rings is 1. The molecule has 1 aliphatic heterocycles. The lowest BCUT2D eigenvalue weighted by Gasteiger charge is -2.33. The van der Waals surface area contributed by atoms with E-state index >= 15 is 0 Å². The molecular formula is C14H19NO3. The normalized spacial score (nSPS) is 24.1. The van der Waals surface area contributed by atoms with Crippen molar-refractivity contribution < 1.29 is 15.0 Å². The lowest BCUT2D eigenvalue weighted by Crippen LogP contribution is -2.49. The van der Waals surface area contributed by atoms with E-state index in [4.69, 9.17) is 0 Å². The van der Waals surface area contributed by atoms with Gasteiger partial charge in [0.1, 0.15) is 0 Å². The maximum absolute atomic E-state index is 12.4. The molecule has 1 aromatic carbocycles. The van der Waals surface area contributed by atoms with Crippen LogP contribution in [0.4, 0.5) is 0 Å². The summed E-state index contributed by atoms with van der Waals surface area (Å²) in [5, 5.41) is 19.1. The third kappa shape index (κ3) is 2.54. The fourth-order valence-electron chi connectivity index (χ4n) is 2.31. The van der Waals surface area contributed by atoms with Crippen LogP contribution < -0.4 is 0 Å². The average molecular weight is 249 g/mol. The Balaban J connectivity index is 2.16. The van der Waals surface area contributed by atoms with Crippen LogP contribution in [0.2, 0.25) is 0 Å². The van der Waals surface area contributed by atoms with E-state index in [2.05, 4.69) is 0 Å². The molecule has 0 spiro atoms. The van der Waals surface area contributed by atoms with Gasteiger partial charge in [-0.1, -0.05) is 25.1 Å². The summed E-state index contributed by atoms with van der Waals surface area (Å²) in [4.78, 5) is 14.0. The molecule has 2 N–H and O–H groups in total. The minimum atomic E-state index is -0.837. The quantitative estimate of drug-likeness (QED) is 0.815. The number of aliphatic hydroxyl groups excluding tert-OH is 2. The number of β-amino-alcohol motifs (C(OH)–C–C–N with tert-alkyl or cyclic N) is 1. The summed E-state index contributed by atoms with van der Waals surface area (Å²) >= 11 is 0. The molecule has 1 saturated heterocycles. The molecule has 0 saturated carbocycles. The molecule has 0 aliphatic carbocycles. The van der Waals surface area contributed by atoms with Gasteiger partial charge in [-0.05, 0) is 24.5 Å². The highest BCUT2D eigenvalue weighted by Gasteiger charge is 2.29. The zero-order chi connectivity index (χ0) is 13.1. The zero-order valence-corrected chi connectivity index (χ0v) is 10.5. The standard InChI is InChI=1S/C14H19NO3/c1-2-10-5-3-4-6-11(10)14(18)15-8-7-12(16)13(17)9-15/h3-6,12-13,16-17H,2,7-9H2,1H3/t12-,13-/m1/s1. The number of amides is 1. The highest BCUT2D eigenvalue weighted by Crippen LogP contribution is 2.17. The first-order chi connectivity index (χ1) is 8.63. The van der Waals surface area contributed by atoms with Gasteiger partial charge in [0, 0.05) is 18.7 Å². The summed E-state index contributed by atoms with van der Waals surface area (Å²) in [7, 11) is 0. The molecule has 1 heterocycles. The van der Waals surface area contributed by atoms with Crippen LogP contribution in [0.5, 0.6) is 0 Å². The Bertz CT molecular complexity index is 433. The van der Waals surface area contributed by atoms with E-state index in [9.17, 15) is 15.0 Å². The van der Waals surface area contributed by atoms with Crippen LogP contribution in [0.3, 0.4) is 0 Å². The number of benzene rings is 1. The minimum Gasteiger partial charge on any atom is -0.390 e. The summed E-state index contributed by atoms with van der Waals surface area (Å²) < 4.78 is 0. The number of carbonyl (C=O) groups is 1. The van der Waals surface area contributed by atoms with E-state index in [1.54, 1.807) is 4.90 Å². The van der Waals surface area contributed by atoms with Crippen molar-refractivity contribution in [3.05, 3.63) is 35.4 Å². The number of aryl methyl sites for hydroxylation is 1. The van der Waals surface area contributed by atoms with Crippen LogP contribution in [0.1, 0.15) is 29.3 Å². The SMILES string of the molecule is CCc1ccccc1C(=O)N1CC[C@@H](O)[C@H](O)C1. The second-order valence-corrected chi connectivity index (χ2v) is 4.69. The Morgan fingerprint density at radius 3 is 2.72 bits per heavy atom. The number of rotatable bonds is 2. The molecule has 2 atom stereocenters. The molecule has 0 radical (unpaired) electrons. The van der Waals surface area contributed by atoms with Gasteiger partial charge in [-0.15, -0.1) is 0 Å². The topological polar surface area (TPSA) is 60.8 Å². The van der Waals surface area contributed by atoms with Gasteiger partial charge in [0.05, 0.1) is 12.2 Å². The van der Waals surface area contributed by atoms with E-state index < -0.39 is 12.2 Å². The summed E-state index contributed by atoms with van der Waals surface area (Å²) in [5.41, 5.74) is 1.71. The largest absolute Gasteiger partial charge is 0.390 e. The van der Waals surface area contributed by atoms with Crippen molar-refractivity contribution in [3.63, 3.8) is 0 Å². The van der Waals surface area contributed by atoms with Crippen LogP contribution in [-0.4, -0.2) is 46.3 Å². The molecule has 1 fully saturated rings. The summed E-state index contributed by atoms with van der Waals surface area (Å²) in [6.07, 6.45) is -0.311. The molecule has 2 rings (SSSR count). The Morgan fingerprint density at radius 1 is 1.33 bits per heavy atom. The summed E-state index contributed by atoms with van der Waals surface area (Å²) in [6, 6.07) is 7.53. The van der Waals surface area contributed by atoms with Crippen LogP contribution in [0.15, 0.2) is 24.3 Å². The van der Waals surface area contributed by atoms with Crippen molar-refractivity contribution in [2.24, 2.45) is 0 Å². The number of hydrogen-bond acceptors (Lipinski definition) is 3. The third-order valence-electron chi connectivity index (χ3n) is 3.46.